The van der Waals surface area contributed by atoms with E-state index in [0.717, 1.165) is 9.87 Å². The van der Waals surface area contributed by atoms with Gasteiger partial charge in [-0.05, 0) is 48.5 Å². The fourth-order valence-electron chi connectivity index (χ4n) is 2.72. The molecule has 1 amide bonds. The zero-order valence-electron chi connectivity index (χ0n) is 18.2. The number of carbonyl (C=O) groups is 1. The molecule has 166 valence electrons. The molecule has 2 aromatic carbocycles. The third-order valence-electron chi connectivity index (χ3n) is 4.55. The molecule has 0 spiro atoms. The molecule has 3 rings (SSSR count). The molecule has 3 aromatic rings. The fraction of sp³-hybridized carbons (Fsp3) is 0.273. The Labute approximate surface area is 186 Å². The Bertz CT molecular complexity index is 1250. The highest BCUT2D eigenvalue weighted by Crippen LogP contribution is 2.24. The van der Waals surface area contributed by atoms with E-state index in [1.807, 2.05) is 26.8 Å². The normalized spacial score (nSPS) is 11.9. The lowest BCUT2D eigenvalue weighted by Crippen LogP contribution is -2.34. The minimum absolute atomic E-state index is 0.00545. The topological polar surface area (TPSA) is 129 Å². The van der Waals surface area contributed by atoms with Crippen LogP contribution in [0.5, 0.6) is 0 Å². The van der Waals surface area contributed by atoms with Crippen LogP contribution in [0.3, 0.4) is 0 Å². The number of hydrogen-bond donors (Lipinski definition) is 1. The van der Waals surface area contributed by atoms with Gasteiger partial charge in [0.25, 0.3) is 0 Å². The quantitative estimate of drug-likeness (QED) is 0.607. The summed E-state index contributed by atoms with van der Waals surface area (Å²) in [6.45, 7) is 5.55. The summed E-state index contributed by atoms with van der Waals surface area (Å²) < 4.78 is 31.5. The largest absolute Gasteiger partial charge is 0.338 e. The molecule has 0 radical (unpaired) electrons. The summed E-state index contributed by atoms with van der Waals surface area (Å²) in [7, 11) is -2.55. The summed E-state index contributed by atoms with van der Waals surface area (Å²) >= 11 is 0. The van der Waals surface area contributed by atoms with E-state index in [2.05, 4.69) is 15.5 Å². The Hall–Kier alpha value is -3.55. The van der Waals surface area contributed by atoms with Crippen molar-refractivity contribution in [1.29, 1.82) is 5.26 Å². The van der Waals surface area contributed by atoms with Gasteiger partial charge in [0.1, 0.15) is 0 Å². The van der Waals surface area contributed by atoms with Crippen LogP contribution in [0.1, 0.15) is 32.2 Å². The molecule has 1 heterocycles. The van der Waals surface area contributed by atoms with Gasteiger partial charge in [-0.2, -0.15) is 14.6 Å². The first-order chi connectivity index (χ1) is 15.0. The molecule has 0 atom stereocenters. The third-order valence-corrected chi connectivity index (χ3v) is 6.37. The lowest BCUT2D eigenvalue weighted by atomic mass is 9.97. The van der Waals surface area contributed by atoms with Crippen LogP contribution < -0.4 is 5.32 Å². The van der Waals surface area contributed by atoms with Crippen molar-refractivity contribution in [3.63, 3.8) is 0 Å². The van der Waals surface area contributed by atoms with Gasteiger partial charge in [-0.3, -0.25) is 4.79 Å². The molecule has 1 N–H and O–H groups in total. The number of nitrogens with one attached hydrogen (secondary N) is 1. The van der Waals surface area contributed by atoms with Crippen LogP contribution in [0.4, 0.5) is 5.69 Å². The zero-order valence-corrected chi connectivity index (χ0v) is 19.0. The summed E-state index contributed by atoms with van der Waals surface area (Å²) in [5.74, 6) is 0.476. The van der Waals surface area contributed by atoms with E-state index >= 15 is 0 Å². The first-order valence-corrected chi connectivity index (χ1v) is 11.2. The number of carbonyl (C=O) groups excluding carboxylic acids is 1. The number of sulfonamides is 1. The predicted octanol–water partition coefficient (Wildman–Crippen LogP) is 3.16. The minimum Gasteiger partial charge on any atom is -0.338 e. The second-order valence-corrected chi connectivity index (χ2v) is 10.2. The Balaban J connectivity index is 1.64. The van der Waals surface area contributed by atoms with Crippen LogP contribution in [0.15, 0.2) is 57.9 Å². The Kier molecular flexibility index (Phi) is 6.43. The lowest BCUT2D eigenvalue weighted by molar-refractivity contribution is -0.116. The van der Waals surface area contributed by atoms with Crippen LogP contribution in [-0.4, -0.2) is 42.4 Å². The van der Waals surface area contributed by atoms with Crippen molar-refractivity contribution in [1.82, 2.24) is 14.4 Å². The maximum atomic E-state index is 12.6. The van der Waals surface area contributed by atoms with Gasteiger partial charge in [0.15, 0.2) is 0 Å². The highest BCUT2D eigenvalue weighted by atomic mass is 32.2. The molecule has 32 heavy (non-hydrogen) atoms. The van der Waals surface area contributed by atoms with Gasteiger partial charge in [-0.15, -0.1) is 0 Å². The van der Waals surface area contributed by atoms with Crippen molar-refractivity contribution in [3.05, 3.63) is 60.0 Å². The SMILES string of the molecule is CN(CC(=O)Nc1ccc(-c2noc(C(C)(C)C)n2)cc1)S(=O)(=O)c1ccc(C#N)cc1. The van der Waals surface area contributed by atoms with E-state index in [4.69, 9.17) is 9.78 Å². The first kappa shape index (κ1) is 23.1. The zero-order chi connectivity index (χ0) is 23.5. The van der Waals surface area contributed by atoms with Crippen molar-refractivity contribution >= 4 is 21.6 Å². The number of anilines is 1. The molecule has 9 nitrogen and oxygen atoms in total. The molecule has 10 heteroatoms. The smallest absolute Gasteiger partial charge is 0.243 e. The van der Waals surface area contributed by atoms with Crippen LogP contribution in [0.25, 0.3) is 11.4 Å². The fourth-order valence-corrected chi connectivity index (χ4v) is 3.84. The average Bonchev–Trinajstić information content (AvgIpc) is 3.25. The van der Waals surface area contributed by atoms with Gasteiger partial charge in [-0.1, -0.05) is 25.9 Å². The number of hydrogen-bond acceptors (Lipinski definition) is 7. The molecule has 0 saturated carbocycles. The molecule has 1 aromatic heterocycles. The van der Waals surface area contributed by atoms with Crippen LogP contribution in [0.2, 0.25) is 0 Å². The molecule has 0 fully saturated rings. The van der Waals surface area contributed by atoms with E-state index in [1.165, 1.54) is 31.3 Å². The van der Waals surface area contributed by atoms with Gasteiger partial charge in [0.2, 0.25) is 27.6 Å². The first-order valence-electron chi connectivity index (χ1n) is 9.72. The van der Waals surface area contributed by atoms with Crippen molar-refractivity contribution in [3.8, 4) is 17.5 Å². The van der Waals surface area contributed by atoms with Crippen molar-refractivity contribution in [2.24, 2.45) is 0 Å². The highest BCUT2D eigenvalue weighted by molar-refractivity contribution is 7.89. The van der Waals surface area contributed by atoms with E-state index in [1.54, 1.807) is 24.3 Å². The molecule has 0 bridgehead atoms. The Morgan fingerprint density at radius 1 is 1.12 bits per heavy atom. The lowest BCUT2D eigenvalue weighted by Gasteiger charge is -2.17. The maximum Gasteiger partial charge on any atom is 0.243 e. The van der Waals surface area contributed by atoms with Gasteiger partial charge < -0.3 is 9.84 Å². The third kappa shape index (κ3) is 5.19. The van der Waals surface area contributed by atoms with E-state index in [9.17, 15) is 13.2 Å². The number of aromatic nitrogens is 2. The minimum atomic E-state index is -3.87. The van der Waals surface area contributed by atoms with E-state index in [0.29, 0.717) is 23.0 Å². The standard InChI is InChI=1S/C22H23N5O4S/c1-22(2,3)21-25-20(26-31-21)16-7-9-17(10-8-16)24-19(28)14-27(4)32(29,30)18-11-5-15(13-23)6-12-18/h5-12H,14H2,1-4H3,(H,24,28). The number of nitrogens with zero attached hydrogens (tertiary/aromatic N) is 4. The second kappa shape index (κ2) is 8.90. The van der Waals surface area contributed by atoms with Crippen molar-refractivity contribution < 1.29 is 17.7 Å². The number of likely N-dealkylation sites (N-methyl/N-ethyl adjacent to an activating group) is 1. The van der Waals surface area contributed by atoms with Crippen molar-refractivity contribution in [2.45, 2.75) is 31.1 Å². The maximum absolute atomic E-state index is 12.6. The Morgan fingerprint density at radius 2 is 1.75 bits per heavy atom. The number of amides is 1. The van der Waals surface area contributed by atoms with Crippen LogP contribution in [-0.2, 0) is 20.2 Å². The van der Waals surface area contributed by atoms with Gasteiger partial charge in [-0.25, -0.2) is 8.42 Å². The highest BCUT2D eigenvalue weighted by Gasteiger charge is 2.24. The number of nitriles is 1. The van der Waals surface area contributed by atoms with E-state index in [-0.39, 0.29) is 16.9 Å². The summed E-state index contributed by atoms with van der Waals surface area (Å²) in [4.78, 5) is 16.8. The average molecular weight is 454 g/mol. The summed E-state index contributed by atoms with van der Waals surface area (Å²) in [6, 6.07) is 14.3. The molecule has 0 aliphatic carbocycles. The summed E-state index contributed by atoms with van der Waals surface area (Å²) in [5.41, 5.74) is 1.32. The van der Waals surface area contributed by atoms with Gasteiger partial charge in [0.05, 0.1) is 23.1 Å². The molecular formula is C22H23N5O4S. The van der Waals surface area contributed by atoms with Crippen LogP contribution >= 0.6 is 0 Å². The predicted molar refractivity (Wildman–Crippen MR) is 118 cm³/mol. The van der Waals surface area contributed by atoms with Crippen molar-refractivity contribution in [2.75, 3.05) is 18.9 Å². The van der Waals surface area contributed by atoms with Gasteiger partial charge >= 0.3 is 0 Å². The summed E-state index contributed by atoms with van der Waals surface area (Å²) in [6.07, 6.45) is 0. The second-order valence-electron chi connectivity index (χ2n) is 8.20. The Morgan fingerprint density at radius 3 is 2.28 bits per heavy atom. The van der Waals surface area contributed by atoms with E-state index < -0.39 is 15.9 Å². The number of rotatable bonds is 6. The molecule has 0 saturated heterocycles. The van der Waals surface area contributed by atoms with Gasteiger partial charge in [0, 0.05) is 23.7 Å². The molecular weight excluding hydrogens is 430 g/mol. The number of benzene rings is 2. The molecule has 0 unspecified atom stereocenters. The molecule has 0 aliphatic rings. The monoisotopic (exact) mass is 453 g/mol. The molecule has 0 aliphatic heterocycles. The van der Waals surface area contributed by atoms with Crippen LogP contribution in [0, 0.1) is 11.3 Å². The summed E-state index contributed by atoms with van der Waals surface area (Å²) in [5, 5.41) is 15.5.